The van der Waals surface area contributed by atoms with Crippen molar-refractivity contribution >= 4 is 11.4 Å². The highest BCUT2D eigenvalue weighted by molar-refractivity contribution is 7.90. The predicted octanol–water partition coefficient (Wildman–Crippen LogP) is 2.43. The third-order valence-electron chi connectivity index (χ3n) is 4.35. The molecule has 1 aromatic carbocycles. The van der Waals surface area contributed by atoms with Crippen molar-refractivity contribution in [3.63, 3.8) is 0 Å². The zero-order valence-corrected chi connectivity index (χ0v) is 14.1. The molecule has 0 aromatic heterocycles. The number of hydrogen-bond acceptors (Lipinski definition) is 4. The van der Waals surface area contributed by atoms with E-state index in [4.69, 9.17) is 4.74 Å². The first-order valence-corrected chi connectivity index (χ1v) is 8.84. The van der Waals surface area contributed by atoms with Crippen molar-refractivity contribution in [1.82, 2.24) is 10.0 Å². The van der Waals surface area contributed by atoms with Crippen molar-refractivity contribution in [3.05, 3.63) is 29.6 Å². The average molecular weight is 326 g/mol. The molecule has 0 aliphatic carbocycles. The summed E-state index contributed by atoms with van der Waals surface area (Å²) in [4.78, 5) is 0. The van der Waals surface area contributed by atoms with E-state index < -0.39 is 17.0 Å². The topological polar surface area (TPSA) is 56.3 Å². The van der Waals surface area contributed by atoms with Crippen LogP contribution < -0.4 is 14.8 Å². The summed E-state index contributed by atoms with van der Waals surface area (Å²) >= 11 is -1.24. The second kappa shape index (κ2) is 5.67. The summed E-state index contributed by atoms with van der Waals surface area (Å²) in [5.41, 5.74) is 0.335. The first kappa shape index (κ1) is 16.1. The van der Waals surface area contributed by atoms with Crippen molar-refractivity contribution in [2.24, 2.45) is 0 Å². The van der Waals surface area contributed by atoms with Gasteiger partial charge in [-0.3, -0.25) is 0 Å². The quantitative estimate of drug-likeness (QED) is 0.820. The van der Waals surface area contributed by atoms with Gasteiger partial charge in [-0.1, -0.05) is 0 Å². The van der Waals surface area contributed by atoms with Crippen LogP contribution in [-0.4, -0.2) is 28.0 Å². The van der Waals surface area contributed by atoms with E-state index in [1.165, 1.54) is 12.1 Å². The summed E-state index contributed by atoms with van der Waals surface area (Å²) in [6, 6.07) is 4.34. The van der Waals surface area contributed by atoms with Gasteiger partial charge in [0, 0.05) is 29.8 Å². The van der Waals surface area contributed by atoms with E-state index in [1.807, 2.05) is 20.8 Å². The van der Waals surface area contributed by atoms with E-state index >= 15 is 0 Å². The number of halogens is 1. The van der Waals surface area contributed by atoms with Crippen LogP contribution in [0.25, 0.3) is 0 Å². The molecule has 0 bridgehead atoms. The molecule has 0 unspecified atom stereocenters. The van der Waals surface area contributed by atoms with Crippen LogP contribution in [0, 0.1) is 5.82 Å². The predicted molar refractivity (Wildman–Crippen MR) is 85.6 cm³/mol. The first-order valence-electron chi connectivity index (χ1n) is 7.69. The highest BCUT2D eigenvalue weighted by Crippen LogP contribution is 2.48. The average Bonchev–Trinajstić information content (AvgIpc) is 2.72. The molecule has 0 amide bonds. The minimum atomic E-state index is -1.24. The Balaban J connectivity index is 1.95. The van der Waals surface area contributed by atoms with Crippen LogP contribution in [0.4, 0.5) is 4.39 Å². The maximum atomic E-state index is 13.7. The molecule has 1 aromatic rings. The summed E-state index contributed by atoms with van der Waals surface area (Å²) in [6.45, 7) is 7.46. The van der Waals surface area contributed by atoms with Crippen molar-refractivity contribution < 1.29 is 13.7 Å². The third-order valence-corrected chi connectivity index (χ3v) is 5.92. The lowest BCUT2D eigenvalue weighted by atomic mass is 9.84. The number of nitrogens with one attached hydrogen (secondary N) is 2. The van der Waals surface area contributed by atoms with Gasteiger partial charge < -0.3 is 14.6 Å². The van der Waals surface area contributed by atoms with Gasteiger partial charge in [0.05, 0.1) is 0 Å². The van der Waals surface area contributed by atoms with E-state index in [0.29, 0.717) is 5.75 Å². The number of hydrogen-bond donors (Lipinski definition) is 2. The zero-order chi connectivity index (χ0) is 16.0. The SMILES string of the molecule is CC(C)(C)[S@@+]([O-])N[C@@H]1c2cc(F)ccc2OC12CCNCC2. The lowest BCUT2D eigenvalue weighted by molar-refractivity contribution is 0.0319. The Morgan fingerprint density at radius 2 is 2.05 bits per heavy atom. The fraction of sp³-hybridized carbons (Fsp3) is 0.625. The van der Waals surface area contributed by atoms with Crippen molar-refractivity contribution in [2.45, 2.75) is 50.0 Å². The Kier molecular flexibility index (Phi) is 4.14. The Morgan fingerprint density at radius 3 is 2.68 bits per heavy atom. The Hall–Kier alpha value is -0.820. The maximum Gasteiger partial charge on any atom is 0.136 e. The molecule has 0 saturated carbocycles. The van der Waals surface area contributed by atoms with E-state index in [1.54, 1.807) is 6.07 Å². The molecule has 122 valence electrons. The fourth-order valence-electron chi connectivity index (χ4n) is 3.09. The molecule has 3 rings (SSSR count). The second-order valence-electron chi connectivity index (χ2n) is 7.03. The molecule has 2 heterocycles. The Morgan fingerprint density at radius 1 is 1.36 bits per heavy atom. The monoisotopic (exact) mass is 326 g/mol. The van der Waals surface area contributed by atoms with Gasteiger partial charge in [-0.05, 0) is 52.1 Å². The minimum Gasteiger partial charge on any atom is -0.598 e. The van der Waals surface area contributed by atoms with Crippen LogP contribution in [0.2, 0.25) is 0 Å². The molecule has 4 nitrogen and oxygen atoms in total. The molecule has 0 radical (unpaired) electrons. The van der Waals surface area contributed by atoms with Crippen LogP contribution in [0.3, 0.4) is 0 Å². The molecule has 1 fully saturated rings. The summed E-state index contributed by atoms with van der Waals surface area (Å²) in [5, 5.41) is 3.32. The molecule has 6 heteroatoms. The second-order valence-corrected chi connectivity index (χ2v) is 9.03. The molecule has 1 spiro atoms. The smallest absolute Gasteiger partial charge is 0.136 e. The molecule has 1 saturated heterocycles. The minimum absolute atomic E-state index is 0.250. The Labute approximate surface area is 134 Å². The van der Waals surface area contributed by atoms with Crippen LogP contribution >= 0.6 is 0 Å². The molecule has 22 heavy (non-hydrogen) atoms. The highest BCUT2D eigenvalue weighted by atomic mass is 32.2. The van der Waals surface area contributed by atoms with Gasteiger partial charge in [0.2, 0.25) is 0 Å². The Bertz CT molecular complexity index is 556. The molecular formula is C16H23FN2O2S. The van der Waals surface area contributed by atoms with Gasteiger partial charge in [0.25, 0.3) is 0 Å². The summed E-state index contributed by atoms with van der Waals surface area (Å²) < 4.78 is 35.3. The lowest BCUT2D eigenvalue weighted by Gasteiger charge is -2.39. The normalized spacial score (nSPS) is 24.9. The number of fused-ring (bicyclic) bond motifs is 1. The van der Waals surface area contributed by atoms with Crippen LogP contribution in [0.5, 0.6) is 5.75 Å². The van der Waals surface area contributed by atoms with E-state index in [9.17, 15) is 8.94 Å². The van der Waals surface area contributed by atoms with Gasteiger partial charge in [-0.25, -0.2) is 4.39 Å². The summed E-state index contributed by atoms with van der Waals surface area (Å²) in [6.07, 6.45) is 1.62. The van der Waals surface area contributed by atoms with Gasteiger partial charge in [0.15, 0.2) is 0 Å². The number of rotatable bonds is 2. The third kappa shape index (κ3) is 2.85. The molecular weight excluding hydrogens is 303 g/mol. The van der Waals surface area contributed by atoms with Gasteiger partial charge >= 0.3 is 0 Å². The standard InChI is InChI=1S/C16H23FN2O2S/c1-15(2,3)22(20)19-14-12-10-11(17)4-5-13(12)21-16(14)6-8-18-9-7-16/h4-5,10,14,18-19H,6-9H2,1-3H3/t14-,22-/m1/s1. The van der Waals surface area contributed by atoms with E-state index in [2.05, 4.69) is 10.0 Å². The largest absolute Gasteiger partial charge is 0.598 e. The first-order chi connectivity index (χ1) is 10.3. The van der Waals surface area contributed by atoms with Crippen molar-refractivity contribution in [2.75, 3.05) is 13.1 Å². The van der Waals surface area contributed by atoms with Crippen LogP contribution in [0.15, 0.2) is 18.2 Å². The maximum absolute atomic E-state index is 13.7. The lowest BCUT2D eigenvalue weighted by Crippen LogP contribution is -2.54. The molecule has 2 atom stereocenters. The number of piperidine rings is 1. The molecule has 2 aliphatic heterocycles. The number of ether oxygens (including phenoxy) is 1. The van der Waals surface area contributed by atoms with Gasteiger partial charge in [-0.15, -0.1) is 4.72 Å². The molecule has 2 N–H and O–H groups in total. The number of benzene rings is 1. The van der Waals surface area contributed by atoms with E-state index in [-0.39, 0.29) is 16.6 Å². The van der Waals surface area contributed by atoms with Crippen LogP contribution in [-0.2, 0) is 11.4 Å². The summed E-state index contributed by atoms with van der Waals surface area (Å²) in [7, 11) is 0. The van der Waals surface area contributed by atoms with E-state index in [0.717, 1.165) is 31.5 Å². The van der Waals surface area contributed by atoms with Crippen LogP contribution in [0.1, 0.15) is 45.2 Å². The van der Waals surface area contributed by atoms with Crippen molar-refractivity contribution in [1.29, 1.82) is 0 Å². The highest BCUT2D eigenvalue weighted by Gasteiger charge is 2.52. The van der Waals surface area contributed by atoms with Crippen molar-refractivity contribution in [3.8, 4) is 5.75 Å². The fourth-order valence-corrected chi connectivity index (χ4v) is 4.00. The van der Waals surface area contributed by atoms with Gasteiger partial charge in [0.1, 0.15) is 28.0 Å². The summed E-state index contributed by atoms with van der Waals surface area (Å²) in [5.74, 6) is 0.411. The zero-order valence-electron chi connectivity index (χ0n) is 13.2. The van der Waals surface area contributed by atoms with Gasteiger partial charge in [-0.2, -0.15) is 0 Å². The molecule has 2 aliphatic rings.